The number of nitrogens with zero attached hydrogens (tertiary/aromatic N) is 1. The van der Waals surface area contributed by atoms with Crippen LogP contribution in [0.4, 0.5) is 5.69 Å². The number of rotatable bonds is 3. The topological polar surface area (TPSA) is 130 Å². The fourth-order valence-electron chi connectivity index (χ4n) is 1.52. The van der Waals surface area contributed by atoms with Gasteiger partial charge in [-0.3, -0.25) is 10.1 Å². The highest BCUT2D eigenvalue weighted by Gasteiger charge is 2.15. The predicted octanol–water partition coefficient (Wildman–Crippen LogP) is 1.93. The lowest BCUT2D eigenvalue weighted by atomic mass is 10.2. The Morgan fingerprint density at radius 2 is 1.57 bits per heavy atom. The molecule has 2 rings (SSSR count). The monoisotopic (exact) mass is 291 g/mol. The first-order valence-electron chi connectivity index (χ1n) is 5.60. The van der Waals surface area contributed by atoms with Crippen molar-refractivity contribution >= 4 is 11.7 Å². The van der Waals surface area contributed by atoms with Gasteiger partial charge in [-0.2, -0.15) is 0 Å². The maximum atomic E-state index is 11.8. The Morgan fingerprint density at radius 1 is 1.05 bits per heavy atom. The number of non-ortho nitro benzene ring substituents is 1. The van der Waals surface area contributed by atoms with Gasteiger partial charge in [0.05, 0.1) is 10.5 Å². The number of nitro groups is 1. The quantitative estimate of drug-likeness (QED) is 0.259. The number of carbonyl (C=O) groups excluding carboxylic acids is 1. The molecule has 0 spiro atoms. The summed E-state index contributed by atoms with van der Waals surface area (Å²) in [5, 5.41) is 38.3. The SMILES string of the molecule is O=C(Oc1ccc([N+](=O)[O-])cc1)c1cc(O)c(O)c(O)c1. The predicted molar refractivity (Wildman–Crippen MR) is 69.5 cm³/mol. The van der Waals surface area contributed by atoms with Crippen LogP contribution in [-0.4, -0.2) is 26.2 Å². The van der Waals surface area contributed by atoms with Crippen LogP contribution < -0.4 is 4.74 Å². The molecule has 0 amide bonds. The minimum absolute atomic E-state index is 0.0534. The average molecular weight is 291 g/mol. The van der Waals surface area contributed by atoms with Gasteiger partial charge in [-0.1, -0.05) is 0 Å². The van der Waals surface area contributed by atoms with Crippen LogP contribution in [0.3, 0.4) is 0 Å². The van der Waals surface area contributed by atoms with Crippen molar-refractivity contribution in [2.45, 2.75) is 0 Å². The highest BCUT2D eigenvalue weighted by atomic mass is 16.6. The van der Waals surface area contributed by atoms with E-state index in [4.69, 9.17) is 9.84 Å². The second-order valence-corrected chi connectivity index (χ2v) is 4.00. The van der Waals surface area contributed by atoms with E-state index in [1.165, 1.54) is 12.1 Å². The average Bonchev–Trinajstić information content (AvgIpc) is 2.44. The molecule has 0 saturated carbocycles. The summed E-state index contributed by atoms with van der Waals surface area (Å²) in [7, 11) is 0. The van der Waals surface area contributed by atoms with Crippen LogP contribution in [0.15, 0.2) is 36.4 Å². The van der Waals surface area contributed by atoms with E-state index in [9.17, 15) is 25.1 Å². The fraction of sp³-hybridized carbons (Fsp3) is 0. The van der Waals surface area contributed by atoms with E-state index in [0.29, 0.717) is 0 Å². The summed E-state index contributed by atoms with van der Waals surface area (Å²) in [6.07, 6.45) is 0. The summed E-state index contributed by atoms with van der Waals surface area (Å²) in [6, 6.07) is 6.63. The molecule has 0 aliphatic rings. The molecule has 0 unspecified atom stereocenters. The Balaban J connectivity index is 2.20. The number of benzene rings is 2. The minimum atomic E-state index is -0.908. The molecular formula is C13H9NO7. The highest BCUT2D eigenvalue weighted by Crippen LogP contribution is 2.35. The molecule has 2 aromatic rings. The molecule has 0 atom stereocenters. The van der Waals surface area contributed by atoms with Crippen molar-refractivity contribution in [1.82, 2.24) is 0 Å². The van der Waals surface area contributed by atoms with Crippen molar-refractivity contribution in [1.29, 1.82) is 0 Å². The third-order valence-electron chi connectivity index (χ3n) is 2.56. The van der Waals surface area contributed by atoms with Gasteiger partial charge in [0, 0.05) is 12.1 Å². The van der Waals surface area contributed by atoms with Gasteiger partial charge in [-0.05, 0) is 24.3 Å². The first-order chi connectivity index (χ1) is 9.88. The van der Waals surface area contributed by atoms with Crippen molar-refractivity contribution in [3.05, 3.63) is 52.1 Å². The van der Waals surface area contributed by atoms with Crippen molar-refractivity contribution in [3.8, 4) is 23.0 Å². The highest BCUT2D eigenvalue weighted by molar-refractivity contribution is 5.92. The molecule has 0 saturated heterocycles. The molecule has 0 bridgehead atoms. The van der Waals surface area contributed by atoms with E-state index in [2.05, 4.69) is 0 Å². The zero-order valence-corrected chi connectivity index (χ0v) is 10.4. The number of carbonyl (C=O) groups is 1. The summed E-state index contributed by atoms with van der Waals surface area (Å²) in [5.74, 6) is -2.95. The molecule has 8 nitrogen and oxygen atoms in total. The summed E-state index contributed by atoms with van der Waals surface area (Å²) in [5.41, 5.74) is -0.351. The molecular weight excluding hydrogens is 282 g/mol. The molecule has 108 valence electrons. The lowest BCUT2D eigenvalue weighted by Gasteiger charge is -2.06. The summed E-state index contributed by atoms with van der Waals surface area (Å²) >= 11 is 0. The first-order valence-corrected chi connectivity index (χ1v) is 5.60. The summed E-state index contributed by atoms with van der Waals surface area (Å²) < 4.78 is 4.92. The maximum Gasteiger partial charge on any atom is 0.343 e. The second kappa shape index (κ2) is 5.37. The zero-order chi connectivity index (χ0) is 15.6. The molecule has 0 fully saturated rings. The van der Waals surface area contributed by atoms with Crippen molar-refractivity contribution < 1.29 is 29.8 Å². The number of phenols is 3. The minimum Gasteiger partial charge on any atom is -0.504 e. The second-order valence-electron chi connectivity index (χ2n) is 4.00. The van der Waals surface area contributed by atoms with Crippen LogP contribution in [0.2, 0.25) is 0 Å². The van der Waals surface area contributed by atoms with E-state index >= 15 is 0 Å². The van der Waals surface area contributed by atoms with Gasteiger partial charge in [-0.25, -0.2) is 4.79 Å². The van der Waals surface area contributed by atoms with Crippen LogP contribution in [0.5, 0.6) is 23.0 Å². The molecule has 8 heteroatoms. The Bertz CT molecular complexity index is 686. The smallest absolute Gasteiger partial charge is 0.343 e. The fourth-order valence-corrected chi connectivity index (χ4v) is 1.52. The van der Waals surface area contributed by atoms with Crippen LogP contribution >= 0.6 is 0 Å². The van der Waals surface area contributed by atoms with Gasteiger partial charge in [0.2, 0.25) is 0 Å². The zero-order valence-electron chi connectivity index (χ0n) is 10.4. The van der Waals surface area contributed by atoms with E-state index in [-0.39, 0.29) is 17.0 Å². The Labute approximate surface area is 117 Å². The third-order valence-corrected chi connectivity index (χ3v) is 2.56. The number of esters is 1. The van der Waals surface area contributed by atoms with E-state index in [1.807, 2.05) is 0 Å². The number of ether oxygens (including phenoxy) is 1. The molecule has 2 aromatic carbocycles. The van der Waals surface area contributed by atoms with Gasteiger partial charge in [-0.15, -0.1) is 0 Å². The number of hydrogen-bond donors (Lipinski definition) is 3. The molecule has 0 heterocycles. The molecule has 0 aliphatic heterocycles. The van der Waals surface area contributed by atoms with Crippen molar-refractivity contribution in [3.63, 3.8) is 0 Å². The Hall–Kier alpha value is -3.29. The van der Waals surface area contributed by atoms with Gasteiger partial charge in [0.25, 0.3) is 5.69 Å². The molecule has 0 aliphatic carbocycles. The Morgan fingerprint density at radius 3 is 2.05 bits per heavy atom. The van der Waals surface area contributed by atoms with E-state index in [0.717, 1.165) is 24.3 Å². The summed E-state index contributed by atoms with van der Waals surface area (Å²) in [4.78, 5) is 21.7. The van der Waals surface area contributed by atoms with Crippen molar-refractivity contribution in [2.75, 3.05) is 0 Å². The maximum absolute atomic E-state index is 11.8. The van der Waals surface area contributed by atoms with Crippen LogP contribution in [-0.2, 0) is 0 Å². The number of nitro benzene ring substituents is 1. The standard InChI is InChI=1S/C13H9NO7/c15-10-5-7(6-11(16)12(10)17)13(18)21-9-3-1-8(2-4-9)14(19)20/h1-6,15-17H. The number of aromatic hydroxyl groups is 3. The van der Waals surface area contributed by atoms with Gasteiger partial charge >= 0.3 is 5.97 Å². The molecule has 21 heavy (non-hydrogen) atoms. The Kier molecular flexibility index (Phi) is 3.61. The van der Waals surface area contributed by atoms with Crippen LogP contribution in [0.25, 0.3) is 0 Å². The molecule has 3 N–H and O–H groups in total. The van der Waals surface area contributed by atoms with Crippen LogP contribution in [0.1, 0.15) is 10.4 Å². The normalized spacial score (nSPS) is 10.1. The first kappa shape index (κ1) is 14.1. The summed E-state index contributed by atoms with van der Waals surface area (Å²) in [6.45, 7) is 0. The van der Waals surface area contributed by atoms with Crippen LogP contribution in [0, 0.1) is 10.1 Å². The molecule has 0 aromatic heterocycles. The van der Waals surface area contributed by atoms with Gasteiger partial charge in [0.1, 0.15) is 5.75 Å². The van der Waals surface area contributed by atoms with E-state index < -0.39 is 28.1 Å². The molecule has 0 radical (unpaired) electrons. The number of phenolic OH excluding ortho intramolecular Hbond substituents is 3. The van der Waals surface area contributed by atoms with Crippen molar-refractivity contribution in [2.24, 2.45) is 0 Å². The van der Waals surface area contributed by atoms with Gasteiger partial charge in [0.15, 0.2) is 17.2 Å². The number of hydrogen-bond acceptors (Lipinski definition) is 7. The van der Waals surface area contributed by atoms with Gasteiger partial charge < -0.3 is 20.1 Å². The lowest BCUT2D eigenvalue weighted by Crippen LogP contribution is -2.08. The largest absolute Gasteiger partial charge is 0.504 e. The third kappa shape index (κ3) is 3.00. The lowest BCUT2D eigenvalue weighted by molar-refractivity contribution is -0.384. The van der Waals surface area contributed by atoms with E-state index in [1.54, 1.807) is 0 Å².